The Morgan fingerprint density at radius 1 is 0.620 bits per heavy atom. The highest BCUT2D eigenvalue weighted by Crippen LogP contribution is 2.13. The number of imidazole rings is 1. The number of rotatable bonds is 34. The average Bonchev–Trinajstić information content (AvgIpc) is 3.91. The number of aliphatic hydroxyl groups is 1. The van der Waals surface area contributed by atoms with Crippen LogP contribution in [-0.4, -0.2) is 175 Å². The van der Waals surface area contributed by atoms with Gasteiger partial charge >= 0.3 is 17.9 Å². The lowest BCUT2D eigenvalue weighted by Crippen LogP contribution is -2.60. The number of aliphatic hydroxyl groups excluding tert-OH is 1. The van der Waals surface area contributed by atoms with Gasteiger partial charge in [0.1, 0.15) is 48.0 Å². The molecule has 0 bridgehead atoms. The number of H-pyrrole nitrogens is 1. The SMILES string of the molecule is CC(C)[C@H](NC(=O)[C@H](CCC(=O)O)NC(=O)[C@H](Cc1ccc(O)cc1)NC(=O)CNC(=O)[C@H](CO)NC(=O)[C@H](CC(=O)O)NC(=O)[C@H](Cc1cnc[nH]1)NC(=O)[C@H](CCCN=C(N)N)NC(=O)[C@@H](N)Cc1ccccc1)C(=O)O. The first-order valence-electron chi connectivity index (χ1n) is 24.6. The zero-order valence-corrected chi connectivity index (χ0v) is 43.2. The van der Waals surface area contributed by atoms with Crippen molar-refractivity contribution in [2.75, 3.05) is 19.7 Å². The predicted molar refractivity (Wildman–Crippen MR) is 277 cm³/mol. The van der Waals surface area contributed by atoms with E-state index in [2.05, 4.69) is 57.5 Å². The van der Waals surface area contributed by atoms with Gasteiger partial charge in [0.2, 0.25) is 47.3 Å². The summed E-state index contributed by atoms with van der Waals surface area (Å²) < 4.78 is 0. The molecule has 20 N–H and O–H groups in total. The van der Waals surface area contributed by atoms with Crippen molar-refractivity contribution < 1.29 is 78.3 Å². The molecule has 0 radical (unpaired) electrons. The Kier molecular flexibility index (Phi) is 26.3. The van der Waals surface area contributed by atoms with Crippen molar-refractivity contribution in [3.63, 3.8) is 0 Å². The fourth-order valence-corrected chi connectivity index (χ4v) is 7.42. The predicted octanol–water partition coefficient (Wildman–Crippen LogP) is -4.89. The van der Waals surface area contributed by atoms with Gasteiger partial charge in [0, 0.05) is 37.7 Å². The van der Waals surface area contributed by atoms with Gasteiger partial charge in [-0.05, 0) is 54.9 Å². The van der Waals surface area contributed by atoms with E-state index in [1.807, 2.05) is 0 Å². The van der Waals surface area contributed by atoms with Gasteiger partial charge in [-0.2, -0.15) is 0 Å². The molecule has 0 aliphatic carbocycles. The largest absolute Gasteiger partial charge is 0.508 e. The Balaban J connectivity index is 1.79. The standard InChI is InChI=1S/C49H68N14O16/c1-25(2)40(48(78)79)63-44(74)32(14-15-38(67)68)59-45(75)33(18-27-10-12-29(65)13-11-27)57-37(66)22-55-42(72)36(23-64)62-47(77)35(20-39(69)70)61-46(76)34(19-28-21-53-24-56-28)60-43(73)31(9-6-16-54-49(51)52)58-41(71)30(50)17-26-7-4-3-5-8-26/h3-5,7-8,10-13,21,24-25,30-36,40,64-65H,6,9,14-20,22-23,50H2,1-2H3,(H,53,56)(H,55,72)(H,57,66)(H,58,71)(H,59,75)(H,60,73)(H,61,76)(H,62,77)(H,63,74)(H,67,68)(H,69,70)(H,78,79)(H4,51,52,54)/t30-,31-,32-,33-,34-,35-,36-,40-/m0/s1. The number of hydrogen-bond acceptors (Lipinski definition) is 16. The van der Waals surface area contributed by atoms with E-state index in [0.717, 1.165) is 5.56 Å². The minimum absolute atomic E-state index is 0.0456. The van der Waals surface area contributed by atoms with Gasteiger partial charge in [-0.3, -0.25) is 52.9 Å². The number of carbonyl (C=O) groups is 11. The second kappa shape index (κ2) is 32.4. The third-order valence-electron chi connectivity index (χ3n) is 11.6. The van der Waals surface area contributed by atoms with Gasteiger partial charge in [0.25, 0.3) is 0 Å². The second-order valence-electron chi connectivity index (χ2n) is 18.3. The number of guanidine groups is 1. The van der Waals surface area contributed by atoms with Crippen LogP contribution in [0.3, 0.4) is 0 Å². The quantitative estimate of drug-likeness (QED) is 0.0151. The number of carboxylic acids is 3. The molecule has 430 valence electrons. The van der Waals surface area contributed by atoms with Gasteiger partial charge in [-0.15, -0.1) is 0 Å². The number of nitrogens with one attached hydrogen (secondary N) is 9. The van der Waals surface area contributed by atoms with Gasteiger partial charge in [-0.25, -0.2) is 9.78 Å². The van der Waals surface area contributed by atoms with Crippen molar-refractivity contribution in [3.8, 4) is 5.75 Å². The lowest BCUT2D eigenvalue weighted by atomic mass is 10.0. The number of amides is 8. The average molecular weight is 1110 g/mol. The van der Waals surface area contributed by atoms with E-state index in [4.69, 9.17) is 17.2 Å². The summed E-state index contributed by atoms with van der Waals surface area (Å²) in [6.07, 6.45) is -0.112. The minimum Gasteiger partial charge on any atom is -0.508 e. The summed E-state index contributed by atoms with van der Waals surface area (Å²) in [7, 11) is 0. The highest BCUT2D eigenvalue weighted by atomic mass is 16.4. The highest BCUT2D eigenvalue weighted by molar-refractivity contribution is 5.98. The summed E-state index contributed by atoms with van der Waals surface area (Å²) in [5.74, 6) is -13.9. The molecule has 0 aliphatic rings. The molecule has 0 spiro atoms. The summed E-state index contributed by atoms with van der Waals surface area (Å²) in [6.45, 7) is 0.952. The molecule has 8 amide bonds. The van der Waals surface area contributed by atoms with Crippen LogP contribution in [-0.2, 0) is 72.0 Å². The number of carbonyl (C=O) groups excluding carboxylic acids is 8. The Bertz CT molecular complexity index is 2600. The Hall–Kier alpha value is -9.19. The van der Waals surface area contributed by atoms with E-state index < -0.39 is 152 Å². The maximum absolute atomic E-state index is 14.0. The van der Waals surface area contributed by atoms with Crippen molar-refractivity contribution in [1.29, 1.82) is 0 Å². The number of carboxylic acid groups (broad SMARTS) is 3. The first-order valence-corrected chi connectivity index (χ1v) is 24.6. The summed E-state index contributed by atoms with van der Waals surface area (Å²) in [5, 5.41) is 67.2. The number of hydrogen-bond donors (Lipinski definition) is 17. The molecule has 0 saturated heterocycles. The highest BCUT2D eigenvalue weighted by Gasteiger charge is 2.35. The van der Waals surface area contributed by atoms with E-state index in [1.54, 1.807) is 30.3 Å². The van der Waals surface area contributed by atoms with E-state index in [1.165, 1.54) is 50.6 Å². The van der Waals surface area contributed by atoms with E-state index in [0.29, 0.717) is 5.56 Å². The van der Waals surface area contributed by atoms with Crippen molar-refractivity contribution >= 4 is 71.1 Å². The normalized spacial score (nSPS) is 13.9. The van der Waals surface area contributed by atoms with Crippen molar-refractivity contribution in [3.05, 3.63) is 83.9 Å². The molecule has 30 nitrogen and oxygen atoms in total. The second-order valence-corrected chi connectivity index (χ2v) is 18.3. The number of phenolic OH excluding ortho intramolecular Hbond substituents is 1. The number of aliphatic carboxylic acids is 3. The first kappa shape index (κ1) is 64.1. The number of nitrogens with two attached hydrogens (primary N) is 3. The summed E-state index contributed by atoms with van der Waals surface area (Å²) in [4.78, 5) is 154. The van der Waals surface area contributed by atoms with Crippen molar-refractivity contribution in [2.24, 2.45) is 28.1 Å². The van der Waals surface area contributed by atoms with Gasteiger partial charge in [-0.1, -0.05) is 56.3 Å². The fraction of sp³-hybridized carbons (Fsp3) is 0.449. The number of aromatic nitrogens is 2. The van der Waals surface area contributed by atoms with Crippen LogP contribution >= 0.6 is 0 Å². The molecule has 3 rings (SSSR count). The number of phenols is 1. The molecule has 2 aromatic carbocycles. The third-order valence-corrected chi connectivity index (χ3v) is 11.6. The fourth-order valence-electron chi connectivity index (χ4n) is 7.42. The van der Waals surface area contributed by atoms with Crippen molar-refractivity contribution in [1.82, 2.24) is 52.5 Å². The molecule has 0 fully saturated rings. The van der Waals surface area contributed by atoms with Crippen LogP contribution in [0.4, 0.5) is 0 Å². The number of nitrogens with zero attached hydrogens (tertiary/aromatic N) is 2. The smallest absolute Gasteiger partial charge is 0.326 e. The molecule has 8 atom stereocenters. The van der Waals surface area contributed by atoms with Crippen LogP contribution in [0.25, 0.3) is 0 Å². The summed E-state index contributed by atoms with van der Waals surface area (Å²) in [5.41, 5.74) is 18.4. The Morgan fingerprint density at radius 3 is 1.73 bits per heavy atom. The zero-order chi connectivity index (χ0) is 58.8. The maximum Gasteiger partial charge on any atom is 0.326 e. The van der Waals surface area contributed by atoms with Crippen LogP contribution in [0, 0.1) is 5.92 Å². The van der Waals surface area contributed by atoms with E-state index in [-0.39, 0.29) is 56.1 Å². The van der Waals surface area contributed by atoms with Crippen molar-refractivity contribution in [2.45, 2.75) is 114 Å². The van der Waals surface area contributed by atoms with Crippen LogP contribution in [0.15, 0.2) is 72.1 Å². The van der Waals surface area contributed by atoms with E-state index >= 15 is 0 Å². The zero-order valence-electron chi connectivity index (χ0n) is 43.2. The molecule has 3 aromatic rings. The van der Waals surface area contributed by atoms with E-state index in [9.17, 15) is 78.3 Å². The molecule has 30 heteroatoms. The maximum atomic E-state index is 14.0. The summed E-state index contributed by atoms with van der Waals surface area (Å²) in [6, 6.07) is 1.57. The molecule has 1 aromatic heterocycles. The van der Waals surface area contributed by atoms with Gasteiger partial charge < -0.3 is 90.3 Å². The number of aromatic amines is 1. The number of benzene rings is 2. The minimum atomic E-state index is -1.98. The first-order chi connectivity index (χ1) is 37.4. The number of aromatic hydroxyl groups is 1. The number of aliphatic imine (C=N–C) groups is 1. The topological polar surface area (TPSA) is 504 Å². The molecule has 79 heavy (non-hydrogen) atoms. The lowest BCUT2D eigenvalue weighted by molar-refractivity contribution is -0.144. The third kappa shape index (κ3) is 23.3. The summed E-state index contributed by atoms with van der Waals surface area (Å²) >= 11 is 0. The lowest BCUT2D eigenvalue weighted by Gasteiger charge is -2.26. The van der Waals surface area contributed by atoms with Crippen LogP contribution in [0.2, 0.25) is 0 Å². The Morgan fingerprint density at radius 2 is 1.16 bits per heavy atom. The molecule has 1 heterocycles. The molecule has 0 aliphatic heterocycles. The molecular weight excluding hydrogens is 1040 g/mol. The van der Waals surface area contributed by atoms with Gasteiger partial charge in [0.05, 0.1) is 31.9 Å². The monoisotopic (exact) mass is 1110 g/mol. The van der Waals surface area contributed by atoms with Crippen LogP contribution in [0.1, 0.15) is 62.8 Å². The van der Waals surface area contributed by atoms with Gasteiger partial charge in [0.15, 0.2) is 5.96 Å². The molecule has 0 unspecified atom stereocenters. The Labute approximate surface area is 451 Å². The molecule has 0 saturated carbocycles. The van der Waals surface area contributed by atoms with Crippen LogP contribution < -0.4 is 59.7 Å². The van der Waals surface area contributed by atoms with Crippen LogP contribution in [0.5, 0.6) is 5.75 Å². The molecular formula is C49H68N14O16.